The molecule has 0 rings (SSSR count). The fourth-order valence-corrected chi connectivity index (χ4v) is 50.1. The van der Waals surface area contributed by atoms with Crippen molar-refractivity contribution in [1.29, 1.82) is 0 Å². The molecule has 0 atom stereocenters. The Morgan fingerprint density at radius 3 is 0.613 bits per heavy atom. The van der Waals surface area contributed by atoms with Crippen LogP contribution >= 0.6 is 0 Å². The summed E-state index contributed by atoms with van der Waals surface area (Å²) >= 11 is 0. The van der Waals surface area contributed by atoms with Gasteiger partial charge in [-0.15, -0.1) is 0 Å². The Labute approximate surface area is 396 Å². The average molecular weight is 1050 g/mol. The van der Waals surface area contributed by atoms with Crippen molar-refractivity contribution in [3.63, 3.8) is 0 Å². The lowest BCUT2D eigenvalue weighted by molar-refractivity contribution is 0.0377. The van der Waals surface area contributed by atoms with Crippen molar-refractivity contribution in [2.45, 2.75) is 233 Å². The summed E-state index contributed by atoms with van der Waals surface area (Å²) in [5.74, 6) is 0. The fraction of sp³-hybridized carbons (Fsp3) is 1.00. The number of hydrogen-bond acceptors (Lipinski definition) is 10. The van der Waals surface area contributed by atoms with Gasteiger partial charge in [-0.25, -0.2) is 0 Å². The van der Waals surface area contributed by atoms with Crippen LogP contribution in [0.1, 0.15) is 51.4 Å². The van der Waals surface area contributed by atoms with Gasteiger partial charge >= 0.3 is 17.1 Å². The Bertz CT molecular complexity index is 1110. The summed E-state index contributed by atoms with van der Waals surface area (Å²) in [4.78, 5) is 0. The predicted octanol–water partition coefficient (Wildman–Crippen LogP) is 12.7. The van der Waals surface area contributed by atoms with Gasteiger partial charge in [0.25, 0.3) is 0 Å². The van der Waals surface area contributed by atoms with E-state index in [1.807, 2.05) is 0 Å². The van der Waals surface area contributed by atoms with Gasteiger partial charge in [-0.3, -0.25) is 0 Å². The van der Waals surface area contributed by atoms with E-state index in [-0.39, 0.29) is 31.8 Å². The van der Waals surface area contributed by atoms with E-state index in [1.54, 1.807) is 0 Å². The van der Waals surface area contributed by atoms with E-state index in [2.05, 4.69) is 157 Å². The standard InChI is InChI=1S/C23H60O6Si6.C19H48O4Si4/c1-30(2,3)26-34(13,27-31(4,5)6)19-15-17-23(21-24,22-25)18-16-20-35(14,28-32(7,8)9)29-33(10,11)12;1-24(2,3)22-26(7,8)15-11-13-19(17-20,18-21)14-12-16-27(9,10)23-25(4,5)6/h24-25H,15-22H2,1-14H3;20-21H,11-18H2,1-10H3. The van der Waals surface area contributed by atoms with Gasteiger partial charge in [0.05, 0.1) is 26.4 Å². The van der Waals surface area contributed by atoms with E-state index in [4.69, 9.17) is 24.7 Å². The quantitative estimate of drug-likeness (QED) is 0.0482. The maximum atomic E-state index is 10.3. The first-order valence-electron chi connectivity index (χ1n) is 24.0. The molecule has 0 aromatic rings. The normalized spacial score (nSPS) is 14.9. The van der Waals surface area contributed by atoms with Crippen molar-refractivity contribution in [3.8, 4) is 0 Å². The highest BCUT2D eigenvalue weighted by atomic mass is 28.5. The third-order valence-corrected chi connectivity index (χ3v) is 41.9. The van der Waals surface area contributed by atoms with Crippen LogP contribution in [0.4, 0.5) is 0 Å². The number of rotatable bonds is 32. The zero-order valence-electron chi connectivity index (χ0n) is 45.6. The van der Waals surface area contributed by atoms with Gasteiger partial charge in [-0.1, -0.05) is 25.7 Å². The second-order valence-corrected chi connectivity index (χ2v) is 69.9. The van der Waals surface area contributed by atoms with E-state index in [9.17, 15) is 20.4 Å². The molecule has 0 aromatic heterocycles. The van der Waals surface area contributed by atoms with Crippen LogP contribution in [0.25, 0.3) is 0 Å². The van der Waals surface area contributed by atoms with Crippen LogP contribution in [0.5, 0.6) is 0 Å². The van der Waals surface area contributed by atoms with Gasteiger partial charge in [0.2, 0.25) is 0 Å². The molecule has 376 valence electrons. The highest BCUT2D eigenvalue weighted by Gasteiger charge is 2.43. The van der Waals surface area contributed by atoms with E-state index in [0.717, 1.165) is 75.5 Å². The van der Waals surface area contributed by atoms with E-state index in [1.165, 1.54) is 0 Å². The van der Waals surface area contributed by atoms with Gasteiger partial charge < -0.3 is 45.1 Å². The summed E-state index contributed by atoms with van der Waals surface area (Å²) in [6.07, 6.45) is 7.14. The Hall–Kier alpha value is 1.77. The van der Waals surface area contributed by atoms with E-state index in [0.29, 0.717) is 0 Å². The molecule has 0 saturated carbocycles. The molecule has 10 nitrogen and oxygen atoms in total. The van der Waals surface area contributed by atoms with Crippen LogP contribution in [0.2, 0.25) is 181 Å². The predicted molar refractivity (Wildman–Crippen MR) is 294 cm³/mol. The van der Waals surface area contributed by atoms with Crippen LogP contribution in [0, 0.1) is 10.8 Å². The van der Waals surface area contributed by atoms with Gasteiger partial charge in [0, 0.05) is 10.8 Å². The fourth-order valence-electron chi connectivity index (χ4n) is 8.93. The number of aliphatic hydroxyl groups excluding tert-OH is 4. The van der Waals surface area contributed by atoms with Crippen molar-refractivity contribution in [3.05, 3.63) is 0 Å². The molecule has 0 spiro atoms. The van der Waals surface area contributed by atoms with Crippen LogP contribution in [0.15, 0.2) is 0 Å². The molecule has 0 fully saturated rings. The molecule has 20 heteroatoms. The second-order valence-electron chi connectivity index (χ2n) is 26.1. The SMILES string of the molecule is C[Si](C)(C)O[Si](C)(C)CCCC(CO)(CO)CCC[Si](C)(C)O[Si](C)(C)C.C[Si](C)(C)O[Si](C)(CCCC(CO)(CO)CCC[Si](C)(O[Si](C)(C)C)O[Si](C)(C)C)O[Si](C)(C)C. The maximum absolute atomic E-state index is 10.3. The topological polar surface area (TPSA) is 136 Å². The summed E-state index contributed by atoms with van der Waals surface area (Å²) in [5.41, 5.74) is -0.839. The zero-order valence-corrected chi connectivity index (χ0v) is 55.6. The monoisotopic (exact) mass is 1050 g/mol. The Morgan fingerprint density at radius 1 is 0.274 bits per heavy atom. The number of hydrogen-bond donors (Lipinski definition) is 4. The highest BCUT2D eigenvalue weighted by molar-refractivity contribution is 6.89. The van der Waals surface area contributed by atoms with Gasteiger partial charge in [0.1, 0.15) is 0 Å². The molecule has 0 aromatic carbocycles. The summed E-state index contributed by atoms with van der Waals surface area (Å²) < 4.78 is 39.4. The lowest BCUT2D eigenvalue weighted by Crippen LogP contribution is -2.52. The van der Waals surface area contributed by atoms with Crippen molar-refractivity contribution in [1.82, 2.24) is 0 Å². The van der Waals surface area contributed by atoms with Gasteiger partial charge in [-0.2, -0.15) is 0 Å². The molecule has 0 aliphatic rings. The number of aliphatic hydroxyl groups is 4. The average Bonchev–Trinajstić information content (AvgIpc) is 2.97. The van der Waals surface area contributed by atoms with Crippen LogP contribution in [0.3, 0.4) is 0 Å². The molecule has 0 amide bonds. The summed E-state index contributed by atoms with van der Waals surface area (Å²) in [5, 5.41) is 40.7. The largest absolute Gasteiger partial charge is 0.456 e. The molecule has 0 heterocycles. The molecule has 0 aliphatic carbocycles. The highest BCUT2D eigenvalue weighted by Crippen LogP contribution is 2.37. The summed E-state index contributed by atoms with van der Waals surface area (Å²) in [6.45, 7) is 54.0. The van der Waals surface area contributed by atoms with Crippen molar-refractivity contribution >= 4 is 83.7 Å². The Balaban J connectivity index is 0. The maximum Gasteiger partial charge on any atom is 0.314 e. The Morgan fingerprint density at radius 2 is 0.452 bits per heavy atom. The first-order chi connectivity index (χ1) is 27.3. The third-order valence-electron chi connectivity index (χ3n) is 10.2. The zero-order chi connectivity index (χ0) is 49.6. The molecule has 0 unspecified atom stereocenters. The molecule has 0 saturated heterocycles. The van der Waals surface area contributed by atoms with Gasteiger partial charge in [-0.05, 0) is 207 Å². The molecular weight excluding hydrogens is 945 g/mol. The van der Waals surface area contributed by atoms with Crippen molar-refractivity contribution in [2.24, 2.45) is 10.8 Å². The molecule has 0 radical (unpaired) electrons. The van der Waals surface area contributed by atoms with Crippen LogP contribution < -0.4 is 0 Å². The molecular formula is C42H108O10Si10. The lowest BCUT2D eigenvalue weighted by atomic mass is 9.81. The molecule has 0 aliphatic heterocycles. The summed E-state index contributed by atoms with van der Waals surface area (Å²) in [7, 11) is -18.0. The minimum Gasteiger partial charge on any atom is -0.456 e. The second kappa shape index (κ2) is 26.1. The minimum atomic E-state index is -2.32. The smallest absolute Gasteiger partial charge is 0.314 e. The first kappa shape index (κ1) is 65.9. The van der Waals surface area contributed by atoms with Crippen LogP contribution in [-0.4, -0.2) is 131 Å². The minimum absolute atomic E-state index is 0.00640. The first-order valence-corrected chi connectivity index (χ1v) is 55.7. The third kappa shape index (κ3) is 34.1. The molecule has 62 heavy (non-hydrogen) atoms. The lowest BCUT2D eigenvalue weighted by Gasteiger charge is -2.40. The van der Waals surface area contributed by atoms with E-state index >= 15 is 0 Å². The Kier molecular flexibility index (Phi) is 27.7. The van der Waals surface area contributed by atoms with Crippen molar-refractivity contribution in [2.75, 3.05) is 26.4 Å². The summed E-state index contributed by atoms with van der Waals surface area (Å²) in [6, 6.07) is 3.98. The van der Waals surface area contributed by atoms with Gasteiger partial charge in [0.15, 0.2) is 66.5 Å². The molecule has 4 N–H and O–H groups in total. The van der Waals surface area contributed by atoms with E-state index < -0.39 is 89.1 Å². The van der Waals surface area contributed by atoms with Crippen LogP contribution in [-0.2, 0) is 24.7 Å². The molecule has 0 bridgehead atoms. The van der Waals surface area contributed by atoms with Crippen molar-refractivity contribution < 1.29 is 45.1 Å².